The second-order valence-corrected chi connectivity index (χ2v) is 5.84. The lowest BCUT2D eigenvalue weighted by Gasteiger charge is -2.23. The zero-order chi connectivity index (χ0) is 12.8. The van der Waals surface area contributed by atoms with Gasteiger partial charge in [0.2, 0.25) is 0 Å². The molecule has 2 nitrogen and oxygen atoms in total. The molecule has 0 spiro atoms. The quantitative estimate of drug-likeness (QED) is 0.870. The number of rotatable bonds is 5. The van der Waals surface area contributed by atoms with E-state index in [0.717, 1.165) is 30.8 Å². The molecule has 2 aliphatic rings. The molecule has 2 N–H and O–H groups in total. The first-order valence-electron chi connectivity index (χ1n) is 6.80. The second-order valence-electron chi connectivity index (χ2n) is 5.84. The third-order valence-electron chi connectivity index (χ3n) is 4.31. The predicted octanol–water partition coefficient (Wildman–Crippen LogP) is 2.99. The predicted molar refractivity (Wildman–Crippen MR) is 69.2 cm³/mol. The fraction of sp³-hybridized carbons (Fsp3) is 0.600. The summed E-state index contributed by atoms with van der Waals surface area (Å²) in [5, 5.41) is 0. The maximum absolute atomic E-state index is 13.5. The van der Waals surface area contributed by atoms with E-state index in [0.29, 0.717) is 5.92 Å². The maximum Gasteiger partial charge on any atom is 0.123 e. The Morgan fingerprint density at radius 3 is 2.72 bits per heavy atom. The minimum atomic E-state index is -0.198. The highest BCUT2D eigenvalue weighted by atomic mass is 19.1. The van der Waals surface area contributed by atoms with Gasteiger partial charge in [-0.25, -0.2) is 4.39 Å². The van der Waals surface area contributed by atoms with E-state index < -0.39 is 0 Å². The molecule has 1 aromatic carbocycles. The highest BCUT2D eigenvalue weighted by molar-refractivity contribution is 5.45. The van der Waals surface area contributed by atoms with Gasteiger partial charge in [-0.1, -0.05) is 0 Å². The van der Waals surface area contributed by atoms with Gasteiger partial charge in [-0.15, -0.1) is 0 Å². The lowest BCUT2D eigenvalue weighted by molar-refractivity contribution is 0.292. The molecular formula is C15H20FNO. The van der Waals surface area contributed by atoms with Gasteiger partial charge in [0.25, 0.3) is 0 Å². The maximum atomic E-state index is 13.5. The fourth-order valence-electron chi connectivity index (χ4n) is 2.61. The van der Waals surface area contributed by atoms with Crippen molar-refractivity contribution in [1.29, 1.82) is 0 Å². The third kappa shape index (κ3) is 2.12. The highest BCUT2D eigenvalue weighted by Gasteiger charge is 2.49. The van der Waals surface area contributed by atoms with Gasteiger partial charge < -0.3 is 10.5 Å². The summed E-state index contributed by atoms with van der Waals surface area (Å²) < 4.78 is 19.4. The van der Waals surface area contributed by atoms with Crippen LogP contribution in [0, 0.1) is 11.7 Å². The fourth-order valence-corrected chi connectivity index (χ4v) is 2.61. The molecule has 0 amide bonds. The van der Waals surface area contributed by atoms with Gasteiger partial charge in [0.05, 0.1) is 6.61 Å². The summed E-state index contributed by atoms with van der Waals surface area (Å²) in [5.74, 6) is 1.34. The van der Waals surface area contributed by atoms with E-state index in [2.05, 4.69) is 0 Å². The summed E-state index contributed by atoms with van der Waals surface area (Å²) in [6.45, 7) is 2.76. The van der Waals surface area contributed by atoms with Crippen molar-refractivity contribution in [1.82, 2.24) is 0 Å². The molecule has 0 radical (unpaired) electrons. The topological polar surface area (TPSA) is 35.2 Å². The van der Waals surface area contributed by atoms with Crippen molar-refractivity contribution in [3.05, 3.63) is 29.6 Å². The normalized spacial score (nSPS) is 22.6. The van der Waals surface area contributed by atoms with E-state index in [4.69, 9.17) is 10.5 Å². The number of nitrogens with two attached hydrogens (primary N) is 1. The van der Waals surface area contributed by atoms with Gasteiger partial charge in [0.1, 0.15) is 11.6 Å². The van der Waals surface area contributed by atoms with Crippen LogP contribution in [-0.4, -0.2) is 12.6 Å². The molecule has 3 heteroatoms. The first kappa shape index (κ1) is 12.0. The molecule has 2 aliphatic carbocycles. The molecule has 0 bridgehead atoms. The summed E-state index contributed by atoms with van der Waals surface area (Å²) in [5.41, 5.74) is 6.99. The summed E-state index contributed by atoms with van der Waals surface area (Å²) in [6, 6.07) is 4.89. The standard InChI is InChI=1S/C15H20FNO/c1-10(17)15(6-7-15)13-8-12(16)4-5-14(13)18-9-11-2-3-11/h4-5,8,10-11H,2-3,6-7,9,17H2,1H3. The van der Waals surface area contributed by atoms with Gasteiger partial charge in [-0.05, 0) is 56.7 Å². The van der Waals surface area contributed by atoms with Crippen molar-refractivity contribution in [2.24, 2.45) is 11.7 Å². The molecule has 0 aromatic heterocycles. The van der Waals surface area contributed by atoms with Crippen LogP contribution in [0.3, 0.4) is 0 Å². The van der Waals surface area contributed by atoms with E-state index >= 15 is 0 Å². The average Bonchev–Trinajstić information content (AvgIpc) is 3.21. The van der Waals surface area contributed by atoms with Crippen LogP contribution in [0.15, 0.2) is 18.2 Å². The first-order chi connectivity index (χ1) is 8.62. The summed E-state index contributed by atoms with van der Waals surface area (Å²) >= 11 is 0. The van der Waals surface area contributed by atoms with Gasteiger partial charge in [-0.2, -0.15) is 0 Å². The largest absolute Gasteiger partial charge is 0.493 e. The Bertz CT molecular complexity index is 450. The van der Waals surface area contributed by atoms with E-state index in [1.807, 2.05) is 6.92 Å². The number of hydrogen-bond donors (Lipinski definition) is 1. The van der Waals surface area contributed by atoms with Gasteiger partial charge >= 0.3 is 0 Å². The van der Waals surface area contributed by atoms with Crippen LogP contribution in [-0.2, 0) is 5.41 Å². The van der Waals surface area contributed by atoms with Gasteiger partial charge in [0.15, 0.2) is 0 Å². The number of ether oxygens (including phenoxy) is 1. The van der Waals surface area contributed by atoms with Crippen LogP contribution in [0.2, 0.25) is 0 Å². The van der Waals surface area contributed by atoms with Crippen LogP contribution >= 0.6 is 0 Å². The lowest BCUT2D eigenvalue weighted by atomic mass is 9.88. The van der Waals surface area contributed by atoms with Crippen molar-refractivity contribution in [2.75, 3.05) is 6.61 Å². The molecule has 98 valence electrons. The van der Waals surface area contributed by atoms with Crippen molar-refractivity contribution in [2.45, 2.75) is 44.1 Å². The number of benzene rings is 1. The molecule has 3 rings (SSSR count). The molecular weight excluding hydrogens is 229 g/mol. The SMILES string of the molecule is CC(N)C1(c2cc(F)ccc2OCC2CC2)CC1. The molecule has 0 aliphatic heterocycles. The van der Waals surface area contributed by atoms with Crippen molar-refractivity contribution >= 4 is 0 Å². The van der Waals surface area contributed by atoms with Gasteiger partial charge in [0, 0.05) is 17.0 Å². The average molecular weight is 249 g/mol. The van der Waals surface area contributed by atoms with Crippen LogP contribution in [0.1, 0.15) is 38.2 Å². The minimum Gasteiger partial charge on any atom is -0.493 e. The highest BCUT2D eigenvalue weighted by Crippen LogP contribution is 2.53. The van der Waals surface area contributed by atoms with Crippen molar-refractivity contribution in [3.8, 4) is 5.75 Å². The lowest BCUT2D eigenvalue weighted by Crippen LogP contribution is -2.32. The molecule has 0 saturated heterocycles. The Kier molecular flexibility index (Phi) is 2.81. The molecule has 0 heterocycles. The van der Waals surface area contributed by atoms with E-state index in [-0.39, 0.29) is 17.3 Å². The first-order valence-corrected chi connectivity index (χ1v) is 6.80. The second kappa shape index (κ2) is 4.23. The Morgan fingerprint density at radius 1 is 1.44 bits per heavy atom. The summed E-state index contributed by atoms with van der Waals surface area (Å²) in [7, 11) is 0. The molecule has 18 heavy (non-hydrogen) atoms. The van der Waals surface area contributed by atoms with Crippen LogP contribution in [0.4, 0.5) is 4.39 Å². The van der Waals surface area contributed by atoms with Crippen molar-refractivity contribution in [3.63, 3.8) is 0 Å². The smallest absolute Gasteiger partial charge is 0.123 e. The zero-order valence-corrected chi connectivity index (χ0v) is 10.8. The molecule has 1 atom stereocenters. The molecule has 1 unspecified atom stereocenters. The third-order valence-corrected chi connectivity index (χ3v) is 4.31. The van der Waals surface area contributed by atoms with E-state index in [9.17, 15) is 4.39 Å². The number of hydrogen-bond acceptors (Lipinski definition) is 2. The minimum absolute atomic E-state index is 0.0441. The summed E-state index contributed by atoms with van der Waals surface area (Å²) in [6.07, 6.45) is 4.59. The zero-order valence-electron chi connectivity index (χ0n) is 10.8. The van der Waals surface area contributed by atoms with Crippen molar-refractivity contribution < 1.29 is 9.13 Å². The van der Waals surface area contributed by atoms with E-state index in [1.54, 1.807) is 12.1 Å². The molecule has 1 aromatic rings. The summed E-state index contributed by atoms with van der Waals surface area (Å²) in [4.78, 5) is 0. The monoisotopic (exact) mass is 249 g/mol. The molecule has 2 saturated carbocycles. The van der Waals surface area contributed by atoms with E-state index in [1.165, 1.54) is 18.9 Å². The van der Waals surface area contributed by atoms with Crippen LogP contribution < -0.4 is 10.5 Å². The Balaban J connectivity index is 1.87. The molecule has 2 fully saturated rings. The van der Waals surface area contributed by atoms with Crippen LogP contribution in [0.5, 0.6) is 5.75 Å². The Labute approximate surface area is 107 Å². The van der Waals surface area contributed by atoms with Crippen LogP contribution in [0.25, 0.3) is 0 Å². The Morgan fingerprint density at radius 2 is 2.17 bits per heavy atom. The Hall–Kier alpha value is -1.09. The number of halogens is 1. The van der Waals surface area contributed by atoms with Gasteiger partial charge in [-0.3, -0.25) is 0 Å².